The minimum Gasteiger partial charge on any atom is -0.454 e. The number of para-hydroxylation sites is 2. The largest absolute Gasteiger partial charge is 0.454 e. The maximum Gasteiger partial charge on any atom is 0.262 e. The first-order chi connectivity index (χ1) is 12.4. The molecular weight excluding hydrogens is 380 g/mol. The van der Waals surface area contributed by atoms with Gasteiger partial charge in [0, 0.05) is 12.1 Å². The minimum absolute atomic E-state index is 0.119. The molecular formula is C18H14Cl2FN3O2. The number of carbonyl (C=O) groups excluding carboxylic acids is 1. The molecule has 0 aliphatic heterocycles. The number of rotatable bonds is 4. The van der Waals surface area contributed by atoms with Crippen LogP contribution in [0.1, 0.15) is 16.1 Å². The van der Waals surface area contributed by atoms with Crippen molar-refractivity contribution in [2.75, 3.05) is 5.32 Å². The zero-order valence-corrected chi connectivity index (χ0v) is 15.4. The molecule has 0 unspecified atom stereocenters. The van der Waals surface area contributed by atoms with Crippen LogP contribution in [0, 0.1) is 12.9 Å². The minimum atomic E-state index is -0.709. The summed E-state index contributed by atoms with van der Waals surface area (Å²) in [6.07, 6.45) is 0. The van der Waals surface area contributed by atoms with Gasteiger partial charge >= 0.3 is 0 Å². The highest BCUT2D eigenvalue weighted by atomic mass is 35.5. The molecule has 1 heterocycles. The number of anilines is 1. The molecule has 0 aliphatic carbocycles. The van der Waals surface area contributed by atoms with Crippen molar-refractivity contribution < 1.29 is 13.9 Å². The first-order valence-corrected chi connectivity index (χ1v) is 8.35. The van der Waals surface area contributed by atoms with Crippen molar-refractivity contribution in [2.45, 2.75) is 6.92 Å². The van der Waals surface area contributed by atoms with Crippen LogP contribution in [0.25, 0.3) is 0 Å². The number of carbonyl (C=O) groups is 1. The van der Waals surface area contributed by atoms with Gasteiger partial charge in [0.25, 0.3) is 5.91 Å². The summed E-state index contributed by atoms with van der Waals surface area (Å²) in [6, 6.07) is 11.6. The van der Waals surface area contributed by atoms with E-state index in [9.17, 15) is 9.18 Å². The molecule has 0 aliphatic rings. The van der Waals surface area contributed by atoms with Crippen molar-refractivity contribution in [3.05, 3.63) is 69.7 Å². The van der Waals surface area contributed by atoms with Gasteiger partial charge < -0.3 is 10.1 Å². The first kappa shape index (κ1) is 18.2. The average molecular weight is 394 g/mol. The smallest absolute Gasteiger partial charge is 0.262 e. The molecule has 1 N–H and O–H groups in total. The first-order valence-electron chi connectivity index (χ1n) is 7.59. The van der Waals surface area contributed by atoms with E-state index in [1.165, 1.54) is 7.05 Å². The molecule has 0 atom stereocenters. The number of aryl methyl sites for hydroxylation is 2. The summed E-state index contributed by atoms with van der Waals surface area (Å²) in [5.74, 6) is -0.598. The lowest BCUT2D eigenvalue weighted by Crippen LogP contribution is -2.15. The molecule has 8 heteroatoms. The molecule has 3 aromatic rings. The van der Waals surface area contributed by atoms with Gasteiger partial charge in [0.2, 0.25) is 5.95 Å². The van der Waals surface area contributed by atoms with E-state index in [-0.39, 0.29) is 5.56 Å². The molecule has 2 aromatic carbocycles. The van der Waals surface area contributed by atoms with Crippen LogP contribution >= 0.6 is 23.2 Å². The lowest BCUT2D eigenvalue weighted by molar-refractivity contribution is 0.102. The van der Waals surface area contributed by atoms with Crippen LogP contribution in [0.3, 0.4) is 0 Å². The second-order valence-electron chi connectivity index (χ2n) is 5.50. The highest BCUT2D eigenvalue weighted by molar-refractivity contribution is 6.35. The molecule has 0 bridgehead atoms. The monoisotopic (exact) mass is 393 g/mol. The SMILES string of the molecule is Cc1nn(C)c(F)c1C(=O)Nc1ccccc1Oc1ccc(Cl)cc1Cl. The summed E-state index contributed by atoms with van der Waals surface area (Å²) in [6.45, 7) is 1.56. The highest BCUT2D eigenvalue weighted by Crippen LogP contribution is 2.35. The Bertz CT molecular complexity index is 989. The molecule has 5 nitrogen and oxygen atoms in total. The Balaban J connectivity index is 1.89. The zero-order valence-electron chi connectivity index (χ0n) is 13.9. The number of hydrogen-bond acceptors (Lipinski definition) is 3. The van der Waals surface area contributed by atoms with E-state index < -0.39 is 11.9 Å². The van der Waals surface area contributed by atoms with Gasteiger partial charge in [-0.2, -0.15) is 9.49 Å². The standard InChI is InChI=1S/C18H14Cl2FN3O2/c1-10-16(17(21)24(2)23-10)18(25)22-13-5-3-4-6-15(13)26-14-8-7-11(19)9-12(14)20/h3-9H,1-2H3,(H,22,25). The Labute approximate surface area is 159 Å². The third-order valence-electron chi connectivity index (χ3n) is 3.63. The van der Waals surface area contributed by atoms with Crippen molar-refractivity contribution in [3.63, 3.8) is 0 Å². The predicted molar refractivity (Wildman–Crippen MR) is 98.8 cm³/mol. The van der Waals surface area contributed by atoms with E-state index in [1.807, 2.05) is 0 Å². The van der Waals surface area contributed by atoms with E-state index in [2.05, 4.69) is 10.4 Å². The summed E-state index contributed by atoms with van der Waals surface area (Å²) < 4.78 is 20.9. The van der Waals surface area contributed by atoms with Crippen molar-refractivity contribution in [1.29, 1.82) is 0 Å². The quantitative estimate of drug-likeness (QED) is 0.660. The van der Waals surface area contributed by atoms with Gasteiger partial charge in [0.05, 0.1) is 16.4 Å². The van der Waals surface area contributed by atoms with Gasteiger partial charge in [0.1, 0.15) is 11.3 Å². The van der Waals surface area contributed by atoms with Crippen molar-refractivity contribution >= 4 is 34.8 Å². The number of nitrogens with one attached hydrogen (secondary N) is 1. The zero-order chi connectivity index (χ0) is 18.8. The van der Waals surface area contributed by atoms with E-state index in [1.54, 1.807) is 49.4 Å². The number of amides is 1. The normalized spacial score (nSPS) is 10.7. The summed E-state index contributed by atoms with van der Waals surface area (Å²) in [5.41, 5.74) is 0.541. The summed E-state index contributed by atoms with van der Waals surface area (Å²) in [4.78, 5) is 12.5. The molecule has 26 heavy (non-hydrogen) atoms. The van der Waals surface area contributed by atoms with Crippen LogP contribution in [0.5, 0.6) is 11.5 Å². The van der Waals surface area contributed by atoms with Crippen molar-refractivity contribution in [3.8, 4) is 11.5 Å². The van der Waals surface area contributed by atoms with Gasteiger partial charge in [0.15, 0.2) is 5.75 Å². The fourth-order valence-corrected chi connectivity index (χ4v) is 2.86. The lowest BCUT2D eigenvalue weighted by Gasteiger charge is -2.13. The van der Waals surface area contributed by atoms with Crippen LogP contribution in [0.4, 0.5) is 10.1 Å². The molecule has 0 saturated heterocycles. The molecule has 0 fully saturated rings. The van der Waals surface area contributed by atoms with Crippen LogP contribution in [-0.2, 0) is 7.05 Å². The van der Waals surface area contributed by atoms with Crippen molar-refractivity contribution in [1.82, 2.24) is 9.78 Å². The van der Waals surface area contributed by atoms with E-state index in [4.69, 9.17) is 27.9 Å². The molecule has 0 radical (unpaired) electrons. The van der Waals surface area contributed by atoms with Crippen LogP contribution in [-0.4, -0.2) is 15.7 Å². The predicted octanol–water partition coefficient (Wildman–Crippen LogP) is 5.22. The summed E-state index contributed by atoms with van der Waals surface area (Å²) in [5, 5.41) is 7.35. The van der Waals surface area contributed by atoms with Crippen LogP contribution < -0.4 is 10.1 Å². The molecule has 1 amide bonds. The Hall–Kier alpha value is -2.57. The second-order valence-corrected chi connectivity index (χ2v) is 6.35. The maximum atomic E-state index is 14.1. The summed E-state index contributed by atoms with van der Waals surface area (Å²) in [7, 11) is 1.43. The van der Waals surface area contributed by atoms with Gasteiger partial charge in [-0.05, 0) is 37.3 Å². The van der Waals surface area contributed by atoms with Gasteiger partial charge in [-0.25, -0.2) is 4.68 Å². The third-order valence-corrected chi connectivity index (χ3v) is 4.16. The van der Waals surface area contributed by atoms with E-state index in [0.717, 1.165) is 4.68 Å². The topological polar surface area (TPSA) is 56.2 Å². The fourth-order valence-electron chi connectivity index (χ4n) is 2.41. The fraction of sp³-hybridized carbons (Fsp3) is 0.111. The number of benzene rings is 2. The number of aromatic nitrogens is 2. The number of halogens is 3. The molecule has 0 saturated carbocycles. The molecule has 3 rings (SSSR count). The maximum absolute atomic E-state index is 14.1. The number of hydrogen-bond donors (Lipinski definition) is 1. The van der Waals surface area contributed by atoms with E-state index >= 15 is 0 Å². The average Bonchev–Trinajstić information content (AvgIpc) is 2.84. The van der Waals surface area contributed by atoms with Gasteiger partial charge in [-0.3, -0.25) is 4.79 Å². The Morgan fingerprint density at radius 2 is 1.92 bits per heavy atom. The Morgan fingerprint density at radius 3 is 2.58 bits per heavy atom. The third kappa shape index (κ3) is 3.66. The lowest BCUT2D eigenvalue weighted by atomic mass is 10.2. The van der Waals surface area contributed by atoms with E-state index in [0.29, 0.717) is 32.9 Å². The van der Waals surface area contributed by atoms with Crippen molar-refractivity contribution in [2.24, 2.45) is 7.05 Å². The number of nitrogens with zero attached hydrogens (tertiary/aromatic N) is 2. The van der Waals surface area contributed by atoms with Crippen LogP contribution in [0.2, 0.25) is 10.0 Å². The Kier molecular flexibility index (Phi) is 5.15. The molecule has 0 spiro atoms. The van der Waals surface area contributed by atoms with Crippen LogP contribution in [0.15, 0.2) is 42.5 Å². The highest BCUT2D eigenvalue weighted by Gasteiger charge is 2.21. The number of ether oxygens (including phenoxy) is 1. The molecule has 134 valence electrons. The molecule has 1 aromatic heterocycles. The summed E-state index contributed by atoms with van der Waals surface area (Å²) >= 11 is 12.0. The van der Waals surface area contributed by atoms with Gasteiger partial charge in [-0.1, -0.05) is 35.3 Å². The van der Waals surface area contributed by atoms with Gasteiger partial charge in [-0.15, -0.1) is 0 Å². The second kappa shape index (κ2) is 7.35. The Morgan fingerprint density at radius 1 is 1.19 bits per heavy atom.